The van der Waals surface area contributed by atoms with E-state index >= 15 is 0 Å². The highest BCUT2D eigenvalue weighted by atomic mass is 79.9. The second kappa shape index (κ2) is 11.2. The molecule has 0 radical (unpaired) electrons. The average Bonchev–Trinajstić information content (AvgIpc) is 2.10. The van der Waals surface area contributed by atoms with Crippen molar-refractivity contribution in [1.82, 2.24) is 0 Å². The minimum atomic E-state index is 1.17. The summed E-state index contributed by atoms with van der Waals surface area (Å²) < 4.78 is 0. The molecule has 0 heterocycles. The van der Waals surface area contributed by atoms with E-state index in [9.17, 15) is 0 Å². The van der Waals surface area contributed by atoms with E-state index in [-0.39, 0.29) is 0 Å². The molecule has 0 aromatic rings. The summed E-state index contributed by atoms with van der Waals surface area (Å²) >= 11 is 3.44. The van der Waals surface area contributed by atoms with Crippen LogP contribution in [0.5, 0.6) is 0 Å². The zero-order valence-electron chi connectivity index (χ0n) is 8.19. The van der Waals surface area contributed by atoms with Crippen LogP contribution in [0, 0.1) is 0 Å². The Kier molecular flexibility index (Phi) is 11.4. The smallest absolute Gasteiger partial charge is 0.00313 e. The van der Waals surface area contributed by atoms with Crippen LogP contribution < -0.4 is 0 Å². The van der Waals surface area contributed by atoms with Crippen molar-refractivity contribution in [3.8, 4) is 0 Å². The van der Waals surface area contributed by atoms with Crippen LogP contribution in [0.3, 0.4) is 0 Å². The van der Waals surface area contributed by atoms with E-state index in [0.29, 0.717) is 0 Å². The number of unbranched alkanes of at least 4 members (excludes halogenated alkanes) is 5. The Morgan fingerprint density at radius 2 is 1.58 bits per heavy atom. The molecule has 1 heteroatoms. The number of hydrogen-bond donors (Lipinski definition) is 0. The normalized spacial score (nSPS) is 11.2. The maximum absolute atomic E-state index is 3.44. The fraction of sp³-hybridized carbons (Fsp3) is 0.818. The zero-order chi connectivity index (χ0) is 9.07. The highest BCUT2D eigenvalue weighted by molar-refractivity contribution is 9.09. The summed E-state index contributed by atoms with van der Waals surface area (Å²) in [4.78, 5) is 0. The molecule has 0 N–H and O–H groups in total. The maximum atomic E-state index is 3.44. The fourth-order valence-electron chi connectivity index (χ4n) is 1.11. The summed E-state index contributed by atoms with van der Waals surface area (Å²) in [6.07, 6.45) is 13.9. The molecule has 72 valence electrons. The van der Waals surface area contributed by atoms with E-state index in [1.807, 2.05) is 0 Å². The molecule has 0 aliphatic carbocycles. The van der Waals surface area contributed by atoms with E-state index < -0.39 is 0 Å². The van der Waals surface area contributed by atoms with Gasteiger partial charge in [-0.25, -0.2) is 0 Å². The van der Waals surface area contributed by atoms with Crippen molar-refractivity contribution in [3.05, 3.63) is 12.2 Å². The third-order valence-electron chi connectivity index (χ3n) is 1.88. The zero-order valence-corrected chi connectivity index (χ0v) is 9.78. The first-order valence-electron chi connectivity index (χ1n) is 5.12. The van der Waals surface area contributed by atoms with Gasteiger partial charge in [-0.1, -0.05) is 54.3 Å². The van der Waals surface area contributed by atoms with E-state index in [1.54, 1.807) is 0 Å². The predicted octanol–water partition coefficient (Wildman–Crippen LogP) is 4.69. The van der Waals surface area contributed by atoms with Crippen molar-refractivity contribution < 1.29 is 0 Å². The molecule has 0 amide bonds. The first-order chi connectivity index (χ1) is 5.91. The Bertz CT molecular complexity index is 97.2. The van der Waals surface area contributed by atoms with Gasteiger partial charge in [0.1, 0.15) is 0 Å². The standard InChI is InChI=1S/C11H21Br/c1-2-3-4-5-6-7-8-9-10-11-12/h4-5H,2-3,6-11H2,1H3/b5-4+. The Labute approximate surface area is 85.6 Å². The molecule has 0 aromatic carbocycles. The van der Waals surface area contributed by atoms with Gasteiger partial charge < -0.3 is 0 Å². The molecular weight excluding hydrogens is 212 g/mol. The van der Waals surface area contributed by atoms with Crippen LogP contribution in [0.2, 0.25) is 0 Å². The van der Waals surface area contributed by atoms with Crippen LogP contribution in [-0.2, 0) is 0 Å². The van der Waals surface area contributed by atoms with E-state index in [1.165, 1.54) is 50.3 Å². The molecule has 0 saturated heterocycles. The quantitative estimate of drug-likeness (QED) is 0.324. The molecule has 0 spiro atoms. The third-order valence-corrected chi connectivity index (χ3v) is 2.44. The van der Waals surface area contributed by atoms with Gasteiger partial charge in [-0.3, -0.25) is 0 Å². The molecule has 0 aliphatic rings. The minimum Gasteiger partial charge on any atom is -0.0928 e. The van der Waals surface area contributed by atoms with Gasteiger partial charge in [-0.2, -0.15) is 0 Å². The van der Waals surface area contributed by atoms with Crippen LogP contribution in [0.15, 0.2) is 12.2 Å². The fourth-order valence-corrected chi connectivity index (χ4v) is 1.51. The van der Waals surface area contributed by atoms with Crippen molar-refractivity contribution in [3.63, 3.8) is 0 Å². The van der Waals surface area contributed by atoms with Crippen molar-refractivity contribution >= 4 is 15.9 Å². The lowest BCUT2D eigenvalue weighted by molar-refractivity contribution is 0.678. The van der Waals surface area contributed by atoms with Gasteiger partial charge in [0.25, 0.3) is 0 Å². The molecule has 0 saturated carbocycles. The van der Waals surface area contributed by atoms with Crippen LogP contribution in [0.25, 0.3) is 0 Å². The lowest BCUT2D eigenvalue weighted by Gasteiger charge is -1.95. The molecule has 0 fully saturated rings. The molecule has 0 unspecified atom stereocenters. The number of allylic oxidation sites excluding steroid dienone is 2. The Morgan fingerprint density at radius 1 is 0.917 bits per heavy atom. The first-order valence-corrected chi connectivity index (χ1v) is 6.25. The predicted molar refractivity (Wildman–Crippen MR) is 60.9 cm³/mol. The van der Waals surface area contributed by atoms with Gasteiger partial charge in [0, 0.05) is 5.33 Å². The van der Waals surface area contributed by atoms with Crippen molar-refractivity contribution in [2.24, 2.45) is 0 Å². The van der Waals surface area contributed by atoms with Crippen LogP contribution >= 0.6 is 15.9 Å². The summed E-state index contributed by atoms with van der Waals surface area (Å²) in [7, 11) is 0. The molecular formula is C11H21Br. The number of alkyl halides is 1. The van der Waals surface area contributed by atoms with Crippen LogP contribution in [-0.4, -0.2) is 5.33 Å². The molecule has 0 atom stereocenters. The van der Waals surface area contributed by atoms with Gasteiger partial charge in [0.2, 0.25) is 0 Å². The van der Waals surface area contributed by atoms with Crippen LogP contribution in [0.4, 0.5) is 0 Å². The minimum absolute atomic E-state index is 1.17. The number of halogens is 1. The molecule has 0 aliphatic heterocycles. The van der Waals surface area contributed by atoms with Gasteiger partial charge in [-0.15, -0.1) is 0 Å². The highest BCUT2D eigenvalue weighted by Gasteiger charge is 1.86. The molecule has 12 heavy (non-hydrogen) atoms. The molecule has 0 rings (SSSR count). The summed E-state index contributed by atoms with van der Waals surface area (Å²) in [6.45, 7) is 2.22. The van der Waals surface area contributed by atoms with E-state index in [4.69, 9.17) is 0 Å². The Morgan fingerprint density at radius 3 is 2.25 bits per heavy atom. The second-order valence-corrected chi connectivity index (χ2v) is 3.94. The Hall–Kier alpha value is 0.220. The maximum Gasteiger partial charge on any atom is 0.00313 e. The summed E-state index contributed by atoms with van der Waals surface area (Å²) in [6, 6.07) is 0. The van der Waals surface area contributed by atoms with Gasteiger partial charge >= 0.3 is 0 Å². The number of hydrogen-bond acceptors (Lipinski definition) is 0. The topological polar surface area (TPSA) is 0 Å². The summed E-state index contributed by atoms with van der Waals surface area (Å²) in [5.74, 6) is 0. The van der Waals surface area contributed by atoms with E-state index in [2.05, 4.69) is 35.0 Å². The summed E-state index contributed by atoms with van der Waals surface area (Å²) in [5.41, 5.74) is 0. The molecule has 0 aromatic heterocycles. The van der Waals surface area contributed by atoms with Crippen LogP contribution in [0.1, 0.15) is 51.9 Å². The van der Waals surface area contributed by atoms with Gasteiger partial charge in [-0.05, 0) is 25.7 Å². The second-order valence-electron chi connectivity index (χ2n) is 3.15. The van der Waals surface area contributed by atoms with Crippen molar-refractivity contribution in [2.75, 3.05) is 5.33 Å². The van der Waals surface area contributed by atoms with Gasteiger partial charge in [0.05, 0.1) is 0 Å². The SMILES string of the molecule is CCC/C=C/CCCCCCBr. The lowest BCUT2D eigenvalue weighted by Crippen LogP contribution is -1.77. The highest BCUT2D eigenvalue weighted by Crippen LogP contribution is 2.05. The summed E-state index contributed by atoms with van der Waals surface area (Å²) in [5, 5.41) is 1.17. The van der Waals surface area contributed by atoms with Crippen molar-refractivity contribution in [1.29, 1.82) is 0 Å². The average molecular weight is 233 g/mol. The molecule has 0 nitrogen and oxygen atoms in total. The Balaban J connectivity index is 2.90. The lowest BCUT2D eigenvalue weighted by atomic mass is 10.1. The largest absolute Gasteiger partial charge is 0.0928 e. The van der Waals surface area contributed by atoms with Gasteiger partial charge in [0.15, 0.2) is 0 Å². The third kappa shape index (κ3) is 10.2. The number of rotatable bonds is 8. The van der Waals surface area contributed by atoms with E-state index in [0.717, 1.165) is 0 Å². The molecule has 0 bridgehead atoms. The van der Waals surface area contributed by atoms with Crippen molar-refractivity contribution in [2.45, 2.75) is 51.9 Å². The first kappa shape index (κ1) is 12.2. The monoisotopic (exact) mass is 232 g/mol.